The zero-order valence-electron chi connectivity index (χ0n) is 8.05. The van der Waals surface area contributed by atoms with Crippen LogP contribution in [-0.2, 0) is 7.05 Å². The average molecular weight is 258 g/mol. The molecule has 0 saturated heterocycles. The molecule has 3 nitrogen and oxygen atoms in total. The summed E-state index contributed by atoms with van der Waals surface area (Å²) in [4.78, 5) is 0. The van der Waals surface area contributed by atoms with E-state index in [1.165, 1.54) is 0 Å². The molecular formula is C8H11Cl3N2O. The third-order valence-corrected chi connectivity index (χ3v) is 2.77. The molecule has 0 radical (unpaired) electrons. The van der Waals surface area contributed by atoms with E-state index in [1.54, 1.807) is 18.7 Å². The summed E-state index contributed by atoms with van der Waals surface area (Å²) in [5.41, 5.74) is 2.04. The van der Waals surface area contributed by atoms with Gasteiger partial charge in [0.1, 0.15) is 6.10 Å². The van der Waals surface area contributed by atoms with Crippen molar-refractivity contribution in [2.45, 2.75) is 23.7 Å². The highest BCUT2D eigenvalue weighted by Crippen LogP contribution is 2.41. The van der Waals surface area contributed by atoms with Crippen LogP contribution in [0.25, 0.3) is 0 Å². The van der Waals surface area contributed by atoms with E-state index in [-0.39, 0.29) is 0 Å². The predicted octanol–water partition coefficient (Wildman–Crippen LogP) is 2.44. The lowest BCUT2D eigenvalue weighted by molar-refractivity contribution is 0.181. The molecule has 0 aliphatic carbocycles. The molecule has 0 aliphatic rings. The van der Waals surface area contributed by atoms with E-state index >= 15 is 0 Å². The zero-order chi connectivity index (χ0) is 11.1. The fourth-order valence-corrected chi connectivity index (χ4v) is 1.68. The Hall–Kier alpha value is 0.0400. The molecule has 0 amide bonds. The summed E-state index contributed by atoms with van der Waals surface area (Å²) in [7, 11) is 1.77. The first kappa shape index (κ1) is 12.1. The summed E-state index contributed by atoms with van der Waals surface area (Å²) >= 11 is 16.8. The van der Waals surface area contributed by atoms with E-state index in [4.69, 9.17) is 34.8 Å². The fraction of sp³-hybridized carbons (Fsp3) is 0.625. The molecule has 1 aromatic rings. The predicted molar refractivity (Wildman–Crippen MR) is 57.9 cm³/mol. The van der Waals surface area contributed by atoms with Gasteiger partial charge in [0.2, 0.25) is 3.79 Å². The SMILES string of the molecule is Cc1nn(C)c(C)c1C(O)C(Cl)(Cl)Cl. The molecule has 1 N–H and O–H groups in total. The Kier molecular flexibility index (Phi) is 3.37. The van der Waals surface area contributed by atoms with Crippen molar-refractivity contribution in [1.82, 2.24) is 9.78 Å². The summed E-state index contributed by atoms with van der Waals surface area (Å²) in [6, 6.07) is 0. The Morgan fingerprint density at radius 2 is 1.86 bits per heavy atom. The zero-order valence-corrected chi connectivity index (χ0v) is 10.3. The highest BCUT2D eigenvalue weighted by molar-refractivity contribution is 6.68. The van der Waals surface area contributed by atoms with E-state index < -0.39 is 9.90 Å². The molecule has 0 bridgehead atoms. The number of aliphatic hydroxyl groups is 1. The van der Waals surface area contributed by atoms with E-state index in [2.05, 4.69) is 5.10 Å². The minimum Gasteiger partial charge on any atom is -0.384 e. The van der Waals surface area contributed by atoms with Crippen molar-refractivity contribution in [2.24, 2.45) is 7.05 Å². The number of hydrogen-bond donors (Lipinski definition) is 1. The molecule has 1 atom stereocenters. The van der Waals surface area contributed by atoms with Gasteiger partial charge in [0, 0.05) is 18.3 Å². The molecular weight excluding hydrogens is 246 g/mol. The lowest BCUT2D eigenvalue weighted by Gasteiger charge is -2.19. The van der Waals surface area contributed by atoms with Crippen LogP contribution >= 0.6 is 34.8 Å². The summed E-state index contributed by atoms with van der Waals surface area (Å²) in [5.74, 6) is 0. The molecule has 6 heteroatoms. The van der Waals surface area contributed by atoms with Gasteiger partial charge in [0.25, 0.3) is 0 Å². The van der Waals surface area contributed by atoms with Crippen molar-refractivity contribution in [1.29, 1.82) is 0 Å². The highest BCUT2D eigenvalue weighted by atomic mass is 35.6. The summed E-state index contributed by atoms with van der Waals surface area (Å²) in [6.07, 6.45) is -1.15. The molecule has 0 spiro atoms. The van der Waals surface area contributed by atoms with Gasteiger partial charge in [-0.2, -0.15) is 5.10 Å². The van der Waals surface area contributed by atoms with Gasteiger partial charge in [-0.25, -0.2) is 0 Å². The summed E-state index contributed by atoms with van der Waals surface area (Å²) < 4.78 is -0.0805. The second-order valence-electron chi connectivity index (χ2n) is 3.15. The average Bonchev–Trinajstić information content (AvgIpc) is 2.24. The smallest absolute Gasteiger partial charge is 0.220 e. The van der Waals surface area contributed by atoms with Gasteiger partial charge in [0.15, 0.2) is 0 Å². The van der Waals surface area contributed by atoms with Crippen LogP contribution in [0.5, 0.6) is 0 Å². The number of aliphatic hydroxyl groups excluding tert-OH is 1. The quantitative estimate of drug-likeness (QED) is 0.785. The van der Waals surface area contributed by atoms with Gasteiger partial charge < -0.3 is 5.11 Å². The summed E-state index contributed by atoms with van der Waals surface area (Å²) in [6.45, 7) is 3.58. The molecule has 1 aromatic heterocycles. The minimum atomic E-state index is -1.72. The number of aromatic nitrogens is 2. The van der Waals surface area contributed by atoms with Crippen molar-refractivity contribution in [3.63, 3.8) is 0 Å². The molecule has 0 saturated carbocycles. The molecule has 0 fully saturated rings. The maximum absolute atomic E-state index is 9.78. The van der Waals surface area contributed by atoms with Crippen LogP contribution in [0.4, 0.5) is 0 Å². The number of aryl methyl sites for hydroxylation is 2. The van der Waals surface area contributed by atoms with Gasteiger partial charge in [-0.3, -0.25) is 4.68 Å². The van der Waals surface area contributed by atoms with Crippen molar-refractivity contribution in [3.8, 4) is 0 Å². The lowest BCUT2D eigenvalue weighted by Crippen LogP contribution is -2.17. The third-order valence-electron chi connectivity index (χ3n) is 2.15. The highest BCUT2D eigenvalue weighted by Gasteiger charge is 2.35. The fourth-order valence-electron chi connectivity index (χ4n) is 1.35. The van der Waals surface area contributed by atoms with Crippen molar-refractivity contribution in [3.05, 3.63) is 17.0 Å². The van der Waals surface area contributed by atoms with Gasteiger partial charge in [-0.15, -0.1) is 0 Å². The Labute approximate surface area is 97.6 Å². The molecule has 0 aromatic carbocycles. The largest absolute Gasteiger partial charge is 0.384 e. The van der Waals surface area contributed by atoms with Crippen LogP contribution in [-0.4, -0.2) is 18.7 Å². The van der Waals surface area contributed by atoms with Gasteiger partial charge in [-0.1, -0.05) is 34.8 Å². The summed E-state index contributed by atoms with van der Waals surface area (Å²) in [5, 5.41) is 13.9. The second-order valence-corrected chi connectivity index (χ2v) is 5.52. The first-order chi connectivity index (χ1) is 6.25. The van der Waals surface area contributed by atoms with E-state index in [1.807, 2.05) is 6.92 Å². The Morgan fingerprint density at radius 1 is 1.36 bits per heavy atom. The topological polar surface area (TPSA) is 38.0 Å². The Bertz CT molecular complexity index is 343. The van der Waals surface area contributed by atoms with Crippen molar-refractivity contribution in [2.75, 3.05) is 0 Å². The molecule has 0 aliphatic heterocycles. The van der Waals surface area contributed by atoms with Crippen LogP contribution in [0.3, 0.4) is 0 Å². The Balaban J connectivity index is 3.19. The Morgan fingerprint density at radius 3 is 2.14 bits per heavy atom. The second kappa shape index (κ2) is 3.89. The van der Waals surface area contributed by atoms with E-state index in [9.17, 15) is 5.11 Å². The number of nitrogens with zero attached hydrogens (tertiary/aromatic N) is 2. The van der Waals surface area contributed by atoms with Crippen LogP contribution < -0.4 is 0 Å². The van der Waals surface area contributed by atoms with Crippen LogP contribution in [0.1, 0.15) is 23.1 Å². The standard InChI is InChI=1S/C8H11Cl3N2O/c1-4-6(5(2)13(3)12-4)7(14)8(9,10)11/h7,14H,1-3H3. The number of alkyl halides is 3. The molecule has 1 heterocycles. The number of halogens is 3. The van der Waals surface area contributed by atoms with E-state index in [0.29, 0.717) is 11.3 Å². The number of hydrogen-bond acceptors (Lipinski definition) is 2. The normalized spacial score (nSPS) is 14.5. The first-order valence-electron chi connectivity index (χ1n) is 4.00. The van der Waals surface area contributed by atoms with Crippen molar-refractivity contribution >= 4 is 34.8 Å². The van der Waals surface area contributed by atoms with E-state index in [0.717, 1.165) is 5.69 Å². The first-order valence-corrected chi connectivity index (χ1v) is 5.13. The maximum Gasteiger partial charge on any atom is 0.220 e. The molecule has 1 rings (SSSR count). The van der Waals surface area contributed by atoms with Gasteiger partial charge in [-0.05, 0) is 13.8 Å². The third kappa shape index (κ3) is 2.16. The van der Waals surface area contributed by atoms with Crippen LogP contribution in [0.15, 0.2) is 0 Å². The number of rotatable bonds is 1. The monoisotopic (exact) mass is 256 g/mol. The van der Waals surface area contributed by atoms with Crippen LogP contribution in [0.2, 0.25) is 0 Å². The maximum atomic E-state index is 9.78. The molecule has 80 valence electrons. The minimum absolute atomic E-state index is 0.576. The van der Waals surface area contributed by atoms with Gasteiger partial charge >= 0.3 is 0 Å². The van der Waals surface area contributed by atoms with Crippen molar-refractivity contribution < 1.29 is 5.11 Å². The molecule has 14 heavy (non-hydrogen) atoms. The lowest BCUT2D eigenvalue weighted by atomic mass is 10.1. The molecule has 1 unspecified atom stereocenters. The van der Waals surface area contributed by atoms with Gasteiger partial charge in [0.05, 0.1) is 5.69 Å². The van der Waals surface area contributed by atoms with Crippen LogP contribution in [0, 0.1) is 13.8 Å².